The Morgan fingerprint density at radius 1 is 0.967 bits per heavy atom. The predicted octanol–water partition coefficient (Wildman–Crippen LogP) is 4.67. The Balaban J connectivity index is 1.31. The Hall–Kier alpha value is -2.73. The lowest BCUT2D eigenvalue weighted by atomic mass is 9.83. The SMILES string of the molecule is Cc1cc2c(C3CCC(NC4CC4)CC3)[nH]nc2cc1-c1cc(C)c2ncnn2c1. The largest absolute Gasteiger partial charge is 0.311 e. The van der Waals surface area contributed by atoms with E-state index in [-0.39, 0.29) is 0 Å². The molecule has 2 saturated carbocycles. The zero-order chi connectivity index (χ0) is 20.2. The molecular weight excluding hydrogens is 372 g/mol. The molecule has 0 radical (unpaired) electrons. The molecule has 6 rings (SSSR count). The molecule has 0 bridgehead atoms. The van der Waals surface area contributed by atoms with E-state index >= 15 is 0 Å². The van der Waals surface area contributed by atoms with Gasteiger partial charge in [0.25, 0.3) is 0 Å². The second-order valence-electron chi connectivity index (χ2n) is 9.25. The van der Waals surface area contributed by atoms with Crippen molar-refractivity contribution in [3.05, 3.63) is 47.5 Å². The molecule has 30 heavy (non-hydrogen) atoms. The van der Waals surface area contributed by atoms with Crippen LogP contribution in [0.4, 0.5) is 0 Å². The molecule has 0 aliphatic heterocycles. The first-order valence-corrected chi connectivity index (χ1v) is 11.2. The van der Waals surface area contributed by atoms with E-state index in [4.69, 9.17) is 5.10 Å². The average Bonchev–Trinajstić information content (AvgIpc) is 3.26. The summed E-state index contributed by atoms with van der Waals surface area (Å²) in [6.45, 7) is 4.28. The highest BCUT2D eigenvalue weighted by Gasteiger charge is 2.29. The summed E-state index contributed by atoms with van der Waals surface area (Å²) in [5.41, 5.74) is 8.05. The van der Waals surface area contributed by atoms with Crippen LogP contribution < -0.4 is 5.32 Å². The van der Waals surface area contributed by atoms with E-state index in [1.54, 1.807) is 6.33 Å². The quantitative estimate of drug-likeness (QED) is 0.522. The molecule has 154 valence electrons. The van der Waals surface area contributed by atoms with E-state index in [0.29, 0.717) is 12.0 Å². The normalized spacial score (nSPS) is 22.2. The third-order valence-electron chi connectivity index (χ3n) is 6.98. The van der Waals surface area contributed by atoms with Gasteiger partial charge in [0.05, 0.1) is 5.52 Å². The maximum absolute atomic E-state index is 4.70. The number of nitrogens with one attached hydrogen (secondary N) is 2. The summed E-state index contributed by atoms with van der Waals surface area (Å²) in [7, 11) is 0. The zero-order valence-electron chi connectivity index (χ0n) is 17.7. The summed E-state index contributed by atoms with van der Waals surface area (Å²) < 4.78 is 1.86. The maximum Gasteiger partial charge on any atom is 0.158 e. The molecule has 0 atom stereocenters. The molecule has 4 aromatic rings. The van der Waals surface area contributed by atoms with Gasteiger partial charge in [-0.25, -0.2) is 9.50 Å². The van der Waals surface area contributed by atoms with E-state index in [9.17, 15) is 0 Å². The minimum atomic E-state index is 0.589. The first-order chi connectivity index (χ1) is 14.7. The van der Waals surface area contributed by atoms with Gasteiger partial charge in [-0.15, -0.1) is 0 Å². The standard InChI is InChI=1S/C24H28N6/c1-14-10-21-22(11-20(14)17-9-15(2)24-25-13-26-30(24)12-17)28-29-23(21)16-3-5-18(6-4-16)27-19-7-8-19/h9-13,16,18-19,27H,3-8H2,1-2H3,(H,28,29). The predicted molar refractivity (Wildman–Crippen MR) is 119 cm³/mol. The van der Waals surface area contributed by atoms with Crippen LogP contribution in [0, 0.1) is 13.8 Å². The number of H-pyrrole nitrogens is 1. The minimum Gasteiger partial charge on any atom is -0.311 e. The molecule has 0 saturated heterocycles. The molecule has 2 aliphatic carbocycles. The van der Waals surface area contributed by atoms with Gasteiger partial charge in [0.15, 0.2) is 5.65 Å². The van der Waals surface area contributed by atoms with Gasteiger partial charge in [0, 0.05) is 40.8 Å². The van der Waals surface area contributed by atoms with Crippen LogP contribution in [0.2, 0.25) is 0 Å². The molecule has 0 amide bonds. The fraction of sp³-hybridized carbons (Fsp3) is 0.458. The number of nitrogens with zero attached hydrogens (tertiary/aromatic N) is 4. The van der Waals surface area contributed by atoms with Crippen molar-refractivity contribution in [2.45, 2.75) is 70.4 Å². The molecule has 6 heteroatoms. The number of fused-ring (bicyclic) bond motifs is 2. The molecule has 2 aliphatic rings. The van der Waals surface area contributed by atoms with Gasteiger partial charge in [0.1, 0.15) is 6.33 Å². The van der Waals surface area contributed by atoms with Crippen molar-refractivity contribution >= 4 is 16.6 Å². The third-order valence-corrected chi connectivity index (χ3v) is 6.98. The van der Waals surface area contributed by atoms with Crippen molar-refractivity contribution in [2.75, 3.05) is 0 Å². The van der Waals surface area contributed by atoms with E-state index in [0.717, 1.165) is 28.3 Å². The van der Waals surface area contributed by atoms with Gasteiger partial charge in [-0.3, -0.25) is 5.10 Å². The maximum atomic E-state index is 4.70. The molecule has 2 N–H and O–H groups in total. The van der Waals surface area contributed by atoms with Gasteiger partial charge in [0.2, 0.25) is 0 Å². The minimum absolute atomic E-state index is 0.589. The van der Waals surface area contributed by atoms with Crippen molar-refractivity contribution in [3.63, 3.8) is 0 Å². The van der Waals surface area contributed by atoms with Crippen molar-refractivity contribution in [2.24, 2.45) is 0 Å². The van der Waals surface area contributed by atoms with Gasteiger partial charge in [-0.2, -0.15) is 10.2 Å². The lowest BCUT2D eigenvalue weighted by Crippen LogP contribution is -2.34. The molecule has 2 fully saturated rings. The van der Waals surface area contributed by atoms with E-state index in [1.165, 1.54) is 60.7 Å². The van der Waals surface area contributed by atoms with Crippen LogP contribution in [0.5, 0.6) is 0 Å². The Kier molecular flexibility index (Phi) is 4.16. The number of benzene rings is 1. The first-order valence-electron chi connectivity index (χ1n) is 11.2. The summed E-state index contributed by atoms with van der Waals surface area (Å²) in [4.78, 5) is 4.33. The van der Waals surface area contributed by atoms with E-state index in [1.807, 2.05) is 4.52 Å². The Morgan fingerprint density at radius 3 is 2.50 bits per heavy atom. The summed E-state index contributed by atoms with van der Waals surface area (Å²) in [5.74, 6) is 0.589. The average molecular weight is 401 g/mol. The number of aromatic nitrogens is 5. The Labute approximate surface area is 176 Å². The lowest BCUT2D eigenvalue weighted by molar-refractivity contribution is 0.338. The van der Waals surface area contributed by atoms with Crippen LogP contribution in [0.1, 0.15) is 61.3 Å². The van der Waals surface area contributed by atoms with Crippen molar-refractivity contribution in [3.8, 4) is 11.1 Å². The van der Waals surface area contributed by atoms with Crippen LogP contribution in [-0.4, -0.2) is 36.9 Å². The number of hydrogen-bond donors (Lipinski definition) is 2. The van der Waals surface area contributed by atoms with Crippen LogP contribution >= 0.6 is 0 Å². The number of aromatic amines is 1. The van der Waals surface area contributed by atoms with Crippen LogP contribution in [0.15, 0.2) is 30.7 Å². The third kappa shape index (κ3) is 3.10. The second-order valence-corrected chi connectivity index (χ2v) is 9.25. The van der Waals surface area contributed by atoms with Gasteiger partial charge in [-0.05, 0) is 87.3 Å². The van der Waals surface area contributed by atoms with Crippen LogP contribution in [-0.2, 0) is 0 Å². The molecule has 3 aromatic heterocycles. The van der Waals surface area contributed by atoms with Crippen molar-refractivity contribution in [1.29, 1.82) is 0 Å². The Bertz CT molecular complexity index is 1220. The molecule has 6 nitrogen and oxygen atoms in total. The fourth-order valence-corrected chi connectivity index (χ4v) is 5.18. The smallest absolute Gasteiger partial charge is 0.158 e. The molecule has 1 aromatic carbocycles. The van der Waals surface area contributed by atoms with Crippen molar-refractivity contribution in [1.82, 2.24) is 30.1 Å². The number of hydrogen-bond acceptors (Lipinski definition) is 4. The van der Waals surface area contributed by atoms with Crippen LogP contribution in [0.25, 0.3) is 27.7 Å². The highest BCUT2D eigenvalue weighted by atomic mass is 15.3. The molecule has 3 heterocycles. The fourth-order valence-electron chi connectivity index (χ4n) is 5.18. The van der Waals surface area contributed by atoms with Gasteiger partial charge < -0.3 is 5.32 Å². The number of pyridine rings is 1. The number of rotatable bonds is 4. The molecular formula is C24H28N6. The highest BCUT2D eigenvalue weighted by Crippen LogP contribution is 2.38. The summed E-state index contributed by atoms with van der Waals surface area (Å²) in [5, 5.41) is 17.5. The second kappa shape index (κ2) is 6.91. The van der Waals surface area contributed by atoms with E-state index < -0.39 is 0 Å². The van der Waals surface area contributed by atoms with Gasteiger partial charge >= 0.3 is 0 Å². The lowest BCUT2D eigenvalue weighted by Gasteiger charge is -2.29. The summed E-state index contributed by atoms with van der Waals surface area (Å²) in [6, 6.07) is 8.26. The van der Waals surface area contributed by atoms with Crippen LogP contribution in [0.3, 0.4) is 0 Å². The first kappa shape index (κ1) is 18.1. The number of aryl methyl sites for hydroxylation is 2. The summed E-state index contributed by atoms with van der Waals surface area (Å²) in [6.07, 6.45) is 11.4. The summed E-state index contributed by atoms with van der Waals surface area (Å²) >= 11 is 0. The van der Waals surface area contributed by atoms with E-state index in [2.05, 4.69) is 58.7 Å². The molecule has 0 unspecified atom stereocenters. The topological polar surface area (TPSA) is 70.9 Å². The Morgan fingerprint density at radius 2 is 1.73 bits per heavy atom. The van der Waals surface area contributed by atoms with Gasteiger partial charge in [-0.1, -0.05) is 0 Å². The highest BCUT2D eigenvalue weighted by molar-refractivity contribution is 5.88. The zero-order valence-corrected chi connectivity index (χ0v) is 17.7. The molecule has 0 spiro atoms. The monoisotopic (exact) mass is 400 g/mol. The van der Waals surface area contributed by atoms with Crippen molar-refractivity contribution < 1.29 is 0 Å².